The van der Waals surface area contributed by atoms with Crippen LogP contribution in [0.25, 0.3) is 0 Å². The Morgan fingerprint density at radius 2 is 1.73 bits per heavy atom. The maximum absolute atomic E-state index is 12.6. The van der Waals surface area contributed by atoms with Crippen molar-refractivity contribution in [3.05, 3.63) is 29.8 Å². The molecule has 4 nitrogen and oxygen atoms in total. The van der Waals surface area contributed by atoms with Gasteiger partial charge in [-0.1, -0.05) is 12.8 Å². The molecule has 0 amide bonds. The van der Waals surface area contributed by atoms with Gasteiger partial charge in [0.1, 0.15) is 5.75 Å². The molecule has 0 saturated heterocycles. The first-order valence-electron chi connectivity index (χ1n) is 7.91. The van der Waals surface area contributed by atoms with Crippen molar-refractivity contribution in [2.75, 3.05) is 13.7 Å². The molecule has 22 heavy (non-hydrogen) atoms. The molecule has 0 N–H and O–H groups in total. The minimum absolute atomic E-state index is 0.0915. The van der Waals surface area contributed by atoms with Gasteiger partial charge in [0.25, 0.3) is 0 Å². The summed E-state index contributed by atoms with van der Waals surface area (Å²) in [6, 6.07) is 7.15. The Kier molecular flexibility index (Phi) is 5.58. The van der Waals surface area contributed by atoms with E-state index in [1.54, 1.807) is 31.4 Å². The lowest BCUT2D eigenvalue weighted by Gasteiger charge is -2.27. The van der Waals surface area contributed by atoms with Crippen molar-refractivity contribution >= 4 is 11.8 Å². The summed E-state index contributed by atoms with van der Waals surface area (Å²) >= 11 is 0. The molecule has 0 aromatic heterocycles. The van der Waals surface area contributed by atoms with Crippen molar-refractivity contribution in [3.63, 3.8) is 0 Å². The molecule has 0 bridgehead atoms. The Hall–Kier alpha value is -1.84. The summed E-state index contributed by atoms with van der Waals surface area (Å²) in [5.41, 5.74) is 0.458. The Bertz CT molecular complexity index is 512. The fourth-order valence-electron chi connectivity index (χ4n) is 3.28. The van der Waals surface area contributed by atoms with Crippen LogP contribution < -0.4 is 4.74 Å². The van der Waals surface area contributed by atoms with Crippen molar-refractivity contribution in [2.24, 2.45) is 5.41 Å². The van der Waals surface area contributed by atoms with Gasteiger partial charge in [-0.05, 0) is 49.4 Å². The van der Waals surface area contributed by atoms with Crippen LogP contribution in [0.4, 0.5) is 0 Å². The summed E-state index contributed by atoms with van der Waals surface area (Å²) < 4.78 is 10.2. The third-order valence-electron chi connectivity index (χ3n) is 4.44. The normalized spacial score (nSPS) is 16.3. The largest absolute Gasteiger partial charge is 0.497 e. The third-order valence-corrected chi connectivity index (χ3v) is 4.44. The number of methoxy groups -OCH3 is 1. The lowest BCUT2D eigenvalue weighted by atomic mass is 9.77. The van der Waals surface area contributed by atoms with Crippen molar-refractivity contribution in [2.45, 2.75) is 45.4 Å². The molecule has 1 aliphatic rings. The van der Waals surface area contributed by atoms with E-state index in [4.69, 9.17) is 9.47 Å². The van der Waals surface area contributed by atoms with Crippen LogP contribution in [-0.4, -0.2) is 25.5 Å². The molecule has 120 valence electrons. The van der Waals surface area contributed by atoms with E-state index < -0.39 is 0 Å². The van der Waals surface area contributed by atoms with Gasteiger partial charge in [-0.2, -0.15) is 0 Å². The van der Waals surface area contributed by atoms with Crippen LogP contribution in [0.1, 0.15) is 55.8 Å². The molecule has 0 atom stereocenters. The Morgan fingerprint density at radius 1 is 1.09 bits per heavy atom. The summed E-state index contributed by atoms with van der Waals surface area (Å²) in [6.45, 7) is 2.20. The lowest BCUT2D eigenvalue weighted by molar-refractivity contribution is -0.145. The fourth-order valence-corrected chi connectivity index (χ4v) is 3.28. The minimum atomic E-state index is -0.219. The highest BCUT2D eigenvalue weighted by molar-refractivity contribution is 5.96. The fraction of sp³-hybridized carbons (Fsp3) is 0.556. The molecule has 0 radical (unpaired) electrons. The average molecular weight is 304 g/mol. The molecule has 1 aliphatic carbocycles. The summed E-state index contributed by atoms with van der Waals surface area (Å²) in [5, 5.41) is 0. The van der Waals surface area contributed by atoms with Crippen LogP contribution in [0, 0.1) is 5.41 Å². The second-order valence-electron chi connectivity index (χ2n) is 6.02. The first kappa shape index (κ1) is 16.5. The molecule has 0 heterocycles. The van der Waals surface area contributed by atoms with Gasteiger partial charge in [0.05, 0.1) is 20.1 Å². The van der Waals surface area contributed by atoms with Gasteiger partial charge in [-0.25, -0.2) is 0 Å². The van der Waals surface area contributed by atoms with Crippen molar-refractivity contribution in [3.8, 4) is 5.75 Å². The van der Waals surface area contributed by atoms with E-state index in [0.717, 1.165) is 31.4 Å². The summed E-state index contributed by atoms with van der Waals surface area (Å²) in [4.78, 5) is 24.4. The second kappa shape index (κ2) is 7.43. The van der Waals surface area contributed by atoms with Gasteiger partial charge in [0.15, 0.2) is 5.78 Å². The van der Waals surface area contributed by atoms with Crippen molar-refractivity contribution < 1.29 is 19.1 Å². The number of ether oxygens (including phenoxy) is 2. The van der Waals surface area contributed by atoms with Gasteiger partial charge >= 0.3 is 5.97 Å². The second-order valence-corrected chi connectivity index (χ2v) is 6.02. The SMILES string of the molecule is CCOC(=O)CC1(CC(=O)c2ccc(OC)cc2)CCCC1. The van der Waals surface area contributed by atoms with Crippen LogP contribution in [-0.2, 0) is 9.53 Å². The summed E-state index contributed by atoms with van der Waals surface area (Å²) in [5.74, 6) is 0.638. The quantitative estimate of drug-likeness (QED) is 0.568. The smallest absolute Gasteiger partial charge is 0.306 e. The van der Waals surface area contributed by atoms with E-state index in [-0.39, 0.29) is 17.2 Å². The topological polar surface area (TPSA) is 52.6 Å². The Morgan fingerprint density at radius 3 is 2.27 bits per heavy atom. The molecule has 1 saturated carbocycles. The molecule has 0 unspecified atom stereocenters. The maximum Gasteiger partial charge on any atom is 0.306 e. The van der Waals surface area contributed by atoms with Crippen LogP contribution in [0.15, 0.2) is 24.3 Å². The van der Waals surface area contributed by atoms with E-state index in [1.165, 1.54) is 0 Å². The van der Waals surface area contributed by atoms with Crippen LogP contribution >= 0.6 is 0 Å². The minimum Gasteiger partial charge on any atom is -0.497 e. The number of esters is 1. The maximum atomic E-state index is 12.6. The molecule has 1 fully saturated rings. The summed E-state index contributed by atoms with van der Waals surface area (Å²) in [6.07, 6.45) is 4.77. The van der Waals surface area contributed by atoms with E-state index >= 15 is 0 Å². The predicted octanol–water partition coefficient (Wildman–Crippen LogP) is 3.78. The Labute approximate surface area is 131 Å². The number of hydrogen-bond acceptors (Lipinski definition) is 4. The van der Waals surface area contributed by atoms with Crippen LogP contribution in [0.2, 0.25) is 0 Å². The van der Waals surface area contributed by atoms with E-state index in [9.17, 15) is 9.59 Å². The standard InChI is InChI=1S/C18H24O4/c1-3-22-17(20)13-18(10-4-5-11-18)12-16(19)14-6-8-15(21-2)9-7-14/h6-9H,3-5,10-13H2,1-2H3. The number of carbonyl (C=O) groups excluding carboxylic acids is 2. The van der Waals surface area contributed by atoms with Gasteiger partial charge in [0.2, 0.25) is 0 Å². The molecule has 2 rings (SSSR count). The Balaban J connectivity index is 2.06. The number of hydrogen-bond donors (Lipinski definition) is 0. The molecular formula is C18H24O4. The highest BCUT2D eigenvalue weighted by Crippen LogP contribution is 2.45. The number of ketones is 1. The van der Waals surface area contributed by atoms with Crippen molar-refractivity contribution in [1.29, 1.82) is 0 Å². The highest BCUT2D eigenvalue weighted by atomic mass is 16.5. The van der Waals surface area contributed by atoms with Gasteiger partial charge < -0.3 is 9.47 Å². The number of carbonyl (C=O) groups is 2. The van der Waals surface area contributed by atoms with Gasteiger partial charge in [-0.3, -0.25) is 9.59 Å². The average Bonchev–Trinajstić information content (AvgIpc) is 2.95. The molecule has 0 spiro atoms. The predicted molar refractivity (Wildman–Crippen MR) is 84.1 cm³/mol. The van der Waals surface area contributed by atoms with E-state index in [1.807, 2.05) is 6.92 Å². The lowest BCUT2D eigenvalue weighted by Crippen LogP contribution is -2.26. The van der Waals surface area contributed by atoms with E-state index in [0.29, 0.717) is 25.0 Å². The summed E-state index contributed by atoms with van der Waals surface area (Å²) in [7, 11) is 1.60. The number of benzene rings is 1. The molecule has 1 aromatic rings. The molecular weight excluding hydrogens is 280 g/mol. The first-order valence-corrected chi connectivity index (χ1v) is 7.91. The zero-order valence-electron chi connectivity index (χ0n) is 13.4. The van der Waals surface area contributed by atoms with Crippen molar-refractivity contribution in [1.82, 2.24) is 0 Å². The van der Waals surface area contributed by atoms with E-state index in [2.05, 4.69) is 0 Å². The monoisotopic (exact) mass is 304 g/mol. The zero-order chi connectivity index (χ0) is 16.0. The van der Waals surface area contributed by atoms with Gasteiger partial charge in [0, 0.05) is 12.0 Å². The molecule has 1 aromatic carbocycles. The highest BCUT2D eigenvalue weighted by Gasteiger charge is 2.38. The first-order chi connectivity index (χ1) is 10.6. The number of rotatable bonds is 7. The van der Waals surface area contributed by atoms with Crippen LogP contribution in [0.5, 0.6) is 5.75 Å². The van der Waals surface area contributed by atoms with Crippen LogP contribution in [0.3, 0.4) is 0 Å². The number of Topliss-reactive ketones (excluding diaryl/α,β-unsaturated/α-hetero) is 1. The third kappa shape index (κ3) is 4.09. The van der Waals surface area contributed by atoms with Gasteiger partial charge in [-0.15, -0.1) is 0 Å². The molecule has 0 aliphatic heterocycles. The zero-order valence-corrected chi connectivity index (χ0v) is 13.4. The molecule has 4 heteroatoms.